The van der Waals surface area contributed by atoms with E-state index in [4.69, 9.17) is 10.3 Å². The second-order valence-electron chi connectivity index (χ2n) is 4.11. The van der Waals surface area contributed by atoms with Gasteiger partial charge in [-0.2, -0.15) is 0 Å². The fourth-order valence-corrected chi connectivity index (χ4v) is 1.69. The maximum atomic E-state index is 5.78. The highest BCUT2D eigenvalue weighted by Gasteiger charge is 2.27. The summed E-state index contributed by atoms with van der Waals surface area (Å²) in [5.41, 5.74) is 7.46. The van der Waals surface area contributed by atoms with E-state index in [9.17, 15) is 0 Å². The van der Waals surface area contributed by atoms with Crippen LogP contribution in [0.5, 0.6) is 0 Å². The van der Waals surface area contributed by atoms with Crippen LogP contribution in [0.2, 0.25) is 0 Å². The molecule has 2 heterocycles. The first-order valence-electron chi connectivity index (χ1n) is 5.30. The molecule has 2 aromatic heterocycles. The topological polar surface area (TPSA) is 77.8 Å². The second kappa shape index (κ2) is 3.30. The SMILES string of the molecule is Cc1oncc1-c1cc(N)nc(C2CC2)n1. The predicted molar refractivity (Wildman–Crippen MR) is 58.7 cm³/mol. The van der Waals surface area contributed by atoms with Crippen molar-refractivity contribution >= 4 is 5.82 Å². The Balaban J connectivity index is 2.10. The maximum absolute atomic E-state index is 5.78. The summed E-state index contributed by atoms with van der Waals surface area (Å²) in [4.78, 5) is 8.76. The lowest BCUT2D eigenvalue weighted by Gasteiger charge is -2.03. The van der Waals surface area contributed by atoms with Gasteiger partial charge in [0.05, 0.1) is 17.5 Å². The number of rotatable bonds is 2. The van der Waals surface area contributed by atoms with Gasteiger partial charge in [0.25, 0.3) is 0 Å². The van der Waals surface area contributed by atoms with Crippen molar-refractivity contribution in [1.82, 2.24) is 15.1 Å². The maximum Gasteiger partial charge on any atom is 0.143 e. The van der Waals surface area contributed by atoms with E-state index in [1.54, 1.807) is 12.3 Å². The molecule has 5 heteroatoms. The second-order valence-corrected chi connectivity index (χ2v) is 4.11. The highest BCUT2D eigenvalue weighted by molar-refractivity contribution is 5.62. The molecule has 2 aromatic rings. The van der Waals surface area contributed by atoms with Crippen LogP contribution in [0.1, 0.15) is 30.3 Å². The van der Waals surface area contributed by atoms with Gasteiger partial charge < -0.3 is 10.3 Å². The molecular formula is C11H12N4O. The number of aryl methyl sites for hydroxylation is 1. The lowest BCUT2D eigenvalue weighted by Crippen LogP contribution is -2.00. The Bertz CT molecular complexity index is 531. The Morgan fingerprint density at radius 1 is 1.38 bits per heavy atom. The summed E-state index contributed by atoms with van der Waals surface area (Å²) in [5.74, 6) is 2.59. The van der Waals surface area contributed by atoms with Crippen molar-refractivity contribution in [2.24, 2.45) is 0 Å². The lowest BCUT2D eigenvalue weighted by atomic mass is 10.2. The number of nitrogens with zero attached hydrogens (tertiary/aromatic N) is 3. The van der Waals surface area contributed by atoms with Gasteiger partial charge in [-0.3, -0.25) is 0 Å². The largest absolute Gasteiger partial charge is 0.384 e. The summed E-state index contributed by atoms with van der Waals surface area (Å²) in [7, 11) is 0. The Morgan fingerprint density at radius 3 is 2.81 bits per heavy atom. The molecule has 0 aliphatic heterocycles. The molecule has 0 radical (unpaired) electrons. The third-order valence-electron chi connectivity index (χ3n) is 2.73. The first kappa shape index (κ1) is 9.33. The van der Waals surface area contributed by atoms with E-state index in [1.165, 1.54) is 0 Å². The summed E-state index contributed by atoms with van der Waals surface area (Å²) < 4.78 is 5.02. The van der Waals surface area contributed by atoms with Gasteiger partial charge in [0.2, 0.25) is 0 Å². The van der Waals surface area contributed by atoms with Crippen LogP contribution in [0.25, 0.3) is 11.3 Å². The Kier molecular flexibility index (Phi) is 1.92. The lowest BCUT2D eigenvalue weighted by molar-refractivity contribution is 0.398. The van der Waals surface area contributed by atoms with E-state index < -0.39 is 0 Å². The molecule has 0 bridgehead atoms. The molecule has 0 atom stereocenters. The molecule has 82 valence electrons. The third kappa shape index (κ3) is 1.54. The molecule has 0 saturated heterocycles. The smallest absolute Gasteiger partial charge is 0.143 e. The number of nitrogen functional groups attached to an aromatic ring is 1. The minimum absolute atomic E-state index is 0.488. The first-order valence-corrected chi connectivity index (χ1v) is 5.30. The van der Waals surface area contributed by atoms with Gasteiger partial charge >= 0.3 is 0 Å². The Labute approximate surface area is 92.7 Å². The minimum Gasteiger partial charge on any atom is -0.384 e. The van der Waals surface area contributed by atoms with E-state index >= 15 is 0 Å². The summed E-state index contributed by atoms with van der Waals surface area (Å²) >= 11 is 0. The summed E-state index contributed by atoms with van der Waals surface area (Å²) in [6.45, 7) is 1.86. The van der Waals surface area contributed by atoms with Crippen LogP contribution in [0.4, 0.5) is 5.82 Å². The third-order valence-corrected chi connectivity index (χ3v) is 2.73. The van der Waals surface area contributed by atoms with Crippen molar-refractivity contribution in [2.45, 2.75) is 25.7 Å². The molecule has 1 fully saturated rings. The van der Waals surface area contributed by atoms with Gasteiger partial charge in [-0.05, 0) is 19.8 Å². The molecule has 1 saturated carbocycles. The van der Waals surface area contributed by atoms with Gasteiger partial charge in [-0.25, -0.2) is 9.97 Å². The number of nitrogens with two attached hydrogens (primary N) is 1. The van der Waals surface area contributed by atoms with Crippen LogP contribution in [0.3, 0.4) is 0 Å². The molecular weight excluding hydrogens is 204 g/mol. The van der Waals surface area contributed by atoms with Crippen LogP contribution < -0.4 is 5.73 Å². The molecule has 1 aliphatic rings. The summed E-state index contributed by atoms with van der Waals surface area (Å²) in [6, 6.07) is 1.76. The van der Waals surface area contributed by atoms with E-state index in [1.807, 2.05) is 6.92 Å². The number of hydrogen-bond donors (Lipinski definition) is 1. The van der Waals surface area contributed by atoms with Crippen molar-refractivity contribution in [3.05, 3.63) is 23.8 Å². The molecule has 16 heavy (non-hydrogen) atoms. The summed E-state index contributed by atoms with van der Waals surface area (Å²) in [5, 5.41) is 3.74. The van der Waals surface area contributed by atoms with Crippen LogP contribution in [-0.2, 0) is 0 Å². The predicted octanol–water partition coefficient (Wildman–Crippen LogP) is 1.90. The fraction of sp³-hybridized carbons (Fsp3) is 0.364. The van der Waals surface area contributed by atoms with Crippen LogP contribution in [-0.4, -0.2) is 15.1 Å². The summed E-state index contributed by atoms with van der Waals surface area (Å²) in [6.07, 6.45) is 3.98. The highest BCUT2D eigenvalue weighted by Crippen LogP contribution is 2.39. The Hall–Kier alpha value is -1.91. The van der Waals surface area contributed by atoms with Crippen LogP contribution in [0, 0.1) is 6.92 Å². The van der Waals surface area contributed by atoms with E-state index in [-0.39, 0.29) is 0 Å². The molecule has 0 amide bonds. The number of aromatic nitrogens is 3. The molecule has 5 nitrogen and oxygen atoms in total. The normalized spacial score (nSPS) is 15.3. The van der Waals surface area contributed by atoms with Crippen molar-refractivity contribution in [1.29, 1.82) is 0 Å². The molecule has 1 aliphatic carbocycles. The quantitative estimate of drug-likeness (QED) is 0.829. The zero-order valence-corrected chi connectivity index (χ0v) is 8.97. The highest BCUT2D eigenvalue weighted by atomic mass is 16.5. The van der Waals surface area contributed by atoms with Gasteiger partial charge in [0, 0.05) is 12.0 Å². The van der Waals surface area contributed by atoms with Crippen molar-refractivity contribution in [3.63, 3.8) is 0 Å². The molecule has 0 aromatic carbocycles. The van der Waals surface area contributed by atoms with Gasteiger partial charge in [-0.15, -0.1) is 0 Å². The molecule has 0 spiro atoms. The standard InChI is InChI=1S/C11H12N4O/c1-6-8(5-13-16-6)9-4-10(12)15-11(14-9)7-2-3-7/h4-5,7H,2-3H2,1H3,(H2,12,14,15). The van der Waals surface area contributed by atoms with Gasteiger partial charge in [0.15, 0.2) is 0 Å². The van der Waals surface area contributed by atoms with Crippen LogP contribution >= 0.6 is 0 Å². The number of hydrogen-bond acceptors (Lipinski definition) is 5. The van der Waals surface area contributed by atoms with Gasteiger partial charge in [0.1, 0.15) is 17.4 Å². The molecule has 3 rings (SSSR count). The monoisotopic (exact) mass is 216 g/mol. The van der Waals surface area contributed by atoms with E-state index in [2.05, 4.69) is 15.1 Å². The number of anilines is 1. The zero-order chi connectivity index (χ0) is 11.1. The van der Waals surface area contributed by atoms with Gasteiger partial charge in [-0.1, -0.05) is 5.16 Å². The first-order chi connectivity index (χ1) is 7.74. The average molecular weight is 216 g/mol. The van der Waals surface area contributed by atoms with E-state index in [0.717, 1.165) is 35.7 Å². The average Bonchev–Trinajstić information content (AvgIpc) is 3.01. The van der Waals surface area contributed by atoms with E-state index in [0.29, 0.717) is 11.7 Å². The Morgan fingerprint density at radius 2 is 2.19 bits per heavy atom. The fourth-order valence-electron chi connectivity index (χ4n) is 1.69. The van der Waals surface area contributed by atoms with Crippen LogP contribution in [0.15, 0.2) is 16.8 Å². The van der Waals surface area contributed by atoms with Crippen molar-refractivity contribution in [3.8, 4) is 11.3 Å². The molecule has 0 unspecified atom stereocenters. The van der Waals surface area contributed by atoms with Crippen molar-refractivity contribution in [2.75, 3.05) is 5.73 Å². The minimum atomic E-state index is 0.488. The van der Waals surface area contributed by atoms with Crippen molar-refractivity contribution < 1.29 is 4.52 Å². The zero-order valence-electron chi connectivity index (χ0n) is 8.97. The molecule has 2 N–H and O–H groups in total.